The lowest BCUT2D eigenvalue weighted by Crippen LogP contribution is -2.37. The van der Waals surface area contributed by atoms with Gasteiger partial charge in [-0.15, -0.1) is 0 Å². The Morgan fingerprint density at radius 3 is 2.40 bits per heavy atom. The molecule has 0 bridgehead atoms. The van der Waals surface area contributed by atoms with Crippen molar-refractivity contribution in [2.75, 3.05) is 0 Å². The van der Waals surface area contributed by atoms with Crippen molar-refractivity contribution in [1.82, 2.24) is 10.0 Å². The highest BCUT2D eigenvalue weighted by atomic mass is 16.5. The van der Waals surface area contributed by atoms with Crippen molar-refractivity contribution in [3.05, 3.63) is 29.9 Å². The number of amides is 2. The van der Waals surface area contributed by atoms with Crippen LogP contribution in [0.2, 0.25) is 0 Å². The van der Waals surface area contributed by atoms with Crippen molar-refractivity contribution in [3.63, 3.8) is 0 Å². The minimum Gasteiger partial charge on any atom is -0.429 e. The van der Waals surface area contributed by atoms with Crippen LogP contribution in [0.15, 0.2) is 34.5 Å². The highest BCUT2D eigenvalue weighted by Gasteiger charge is 2.20. The summed E-state index contributed by atoms with van der Waals surface area (Å²) >= 11 is 0. The lowest BCUT2D eigenvalue weighted by atomic mass is 9.89. The smallest absolute Gasteiger partial charge is 0.318 e. The minimum atomic E-state index is -0.721. The van der Waals surface area contributed by atoms with Gasteiger partial charge in [-0.1, -0.05) is 20.8 Å². The third kappa shape index (κ3) is 5.13. The van der Waals surface area contributed by atoms with E-state index in [1.165, 1.54) is 12.4 Å². The Balaban J connectivity index is 3.13. The first-order valence-electron chi connectivity index (χ1n) is 6.25. The summed E-state index contributed by atoms with van der Waals surface area (Å²) in [5.41, 5.74) is 5.06. The zero-order chi connectivity index (χ0) is 15.3. The van der Waals surface area contributed by atoms with Crippen LogP contribution < -0.4 is 16.4 Å². The van der Waals surface area contributed by atoms with Gasteiger partial charge in [-0.25, -0.2) is 19.5 Å². The van der Waals surface area contributed by atoms with Crippen molar-refractivity contribution in [2.45, 2.75) is 33.7 Å². The van der Waals surface area contributed by atoms with Gasteiger partial charge in [0.15, 0.2) is 0 Å². The molecule has 110 valence electrons. The lowest BCUT2D eigenvalue weighted by molar-refractivity contribution is 0.184. The Morgan fingerprint density at radius 1 is 1.40 bits per heavy atom. The predicted molar refractivity (Wildman–Crippen MR) is 76.3 cm³/mol. The highest BCUT2D eigenvalue weighted by molar-refractivity contribution is 5.96. The molecule has 0 saturated heterocycles. The van der Waals surface area contributed by atoms with E-state index in [0.29, 0.717) is 5.36 Å². The molecule has 0 radical (unpaired) electrons. The SMILES string of the molecule is CC(N=C(N=c1ccn(O)cc1)NC(N)=O)C(C)(C)C. The second-order valence-electron chi connectivity index (χ2n) is 5.53. The van der Waals surface area contributed by atoms with Crippen molar-refractivity contribution in [1.29, 1.82) is 0 Å². The standard InChI is InChI=1S/C13H21N5O2/c1-9(13(2,3)4)15-12(17-11(14)19)16-10-5-7-18(20)8-6-10/h5-9,20H,1-4H3,(H3,14,15,17,19). The molecule has 0 spiro atoms. The van der Waals surface area contributed by atoms with E-state index in [-0.39, 0.29) is 17.4 Å². The third-order valence-electron chi connectivity index (χ3n) is 2.84. The first-order chi connectivity index (χ1) is 9.18. The summed E-state index contributed by atoms with van der Waals surface area (Å²) in [4.78, 5) is 19.6. The Kier molecular flexibility index (Phi) is 4.90. The van der Waals surface area contributed by atoms with Crippen LogP contribution in [0.25, 0.3) is 0 Å². The summed E-state index contributed by atoms with van der Waals surface area (Å²) < 4.78 is 0.898. The van der Waals surface area contributed by atoms with Gasteiger partial charge in [-0.3, -0.25) is 5.32 Å². The maximum atomic E-state index is 11.0. The van der Waals surface area contributed by atoms with Gasteiger partial charge in [-0.05, 0) is 24.5 Å². The zero-order valence-electron chi connectivity index (χ0n) is 12.2. The average molecular weight is 279 g/mol. The van der Waals surface area contributed by atoms with Gasteiger partial charge in [-0.2, -0.15) is 0 Å². The number of carbonyl (C=O) groups excluding carboxylic acids is 1. The summed E-state index contributed by atoms with van der Waals surface area (Å²) in [6, 6.07) is 2.39. The summed E-state index contributed by atoms with van der Waals surface area (Å²) in [5, 5.41) is 12.1. The molecule has 1 unspecified atom stereocenters. The lowest BCUT2D eigenvalue weighted by Gasteiger charge is -2.23. The van der Waals surface area contributed by atoms with Crippen LogP contribution in [0.3, 0.4) is 0 Å². The van der Waals surface area contributed by atoms with Crippen molar-refractivity contribution < 1.29 is 10.0 Å². The van der Waals surface area contributed by atoms with Crippen molar-refractivity contribution in [3.8, 4) is 0 Å². The van der Waals surface area contributed by atoms with Crippen LogP contribution >= 0.6 is 0 Å². The quantitative estimate of drug-likeness (QED) is 0.406. The highest BCUT2D eigenvalue weighted by Crippen LogP contribution is 2.21. The summed E-state index contributed by atoms with van der Waals surface area (Å²) in [7, 11) is 0. The van der Waals surface area contributed by atoms with Gasteiger partial charge in [0.05, 0.1) is 11.4 Å². The van der Waals surface area contributed by atoms with E-state index in [0.717, 1.165) is 4.73 Å². The summed E-state index contributed by atoms with van der Waals surface area (Å²) in [5.74, 6) is 0.149. The molecule has 20 heavy (non-hydrogen) atoms. The van der Waals surface area contributed by atoms with Crippen LogP contribution in [0.4, 0.5) is 4.79 Å². The van der Waals surface area contributed by atoms with E-state index in [1.807, 2.05) is 27.7 Å². The van der Waals surface area contributed by atoms with E-state index < -0.39 is 6.03 Å². The van der Waals surface area contributed by atoms with E-state index in [4.69, 9.17) is 10.9 Å². The fraction of sp³-hybridized carbons (Fsp3) is 0.462. The molecule has 0 aliphatic heterocycles. The molecule has 1 rings (SSSR count). The molecule has 1 heterocycles. The Labute approximate surface area is 117 Å². The average Bonchev–Trinajstić information content (AvgIpc) is 2.30. The maximum Gasteiger partial charge on any atom is 0.318 e. The fourth-order valence-corrected chi connectivity index (χ4v) is 1.18. The molecule has 7 heteroatoms. The van der Waals surface area contributed by atoms with Gasteiger partial charge in [0.25, 0.3) is 0 Å². The van der Waals surface area contributed by atoms with Crippen LogP contribution in [-0.2, 0) is 0 Å². The number of rotatable bonds is 1. The molecule has 4 N–H and O–H groups in total. The van der Waals surface area contributed by atoms with Crippen molar-refractivity contribution in [2.24, 2.45) is 21.1 Å². The van der Waals surface area contributed by atoms with E-state index in [9.17, 15) is 4.79 Å². The molecule has 1 aromatic heterocycles. The number of carbonyl (C=O) groups is 1. The van der Waals surface area contributed by atoms with Gasteiger partial charge >= 0.3 is 6.03 Å². The fourth-order valence-electron chi connectivity index (χ4n) is 1.18. The number of hydrogen-bond acceptors (Lipinski definition) is 3. The van der Waals surface area contributed by atoms with E-state index in [2.05, 4.69) is 15.3 Å². The molecule has 1 atom stereocenters. The number of hydrogen-bond donors (Lipinski definition) is 3. The van der Waals surface area contributed by atoms with Crippen LogP contribution in [0.5, 0.6) is 0 Å². The van der Waals surface area contributed by atoms with Gasteiger partial charge in [0.2, 0.25) is 5.96 Å². The molecule has 1 aromatic rings. The molecular formula is C13H21N5O2. The molecule has 0 saturated carbocycles. The number of aliphatic imine (C=N–C) groups is 1. The number of urea groups is 1. The Hall–Kier alpha value is -2.31. The summed E-state index contributed by atoms with van der Waals surface area (Å²) in [6.45, 7) is 8.06. The number of nitrogens with one attached hydrogen (secondary N) is 1. The first-order valence-corrected chi connectivity index (χ1v) is 6.25. The Morgan fingerprint density at radius 2 is 1.95 bits per heavy atom. The van der Waals surface area contributed by atoms with Gasteiger partial charge in [0.1, 0.15) is 0 Å². The first kappa shape index (κ1) is 15.7. The van der Waals surface area contributed by atoms with E-state index in [1.54, 1.807) is 12.1 Å². The number of guanidine groups is 1. The molecule has 0 aromatic carbocycles. The zero-order valence-corrected chi connectivity index (χ0v) is 12.2. The molecule has 0 fully saturated rings. The molecule has 0 aliphatic rings. The van der Waals surface area contributed by atoms with Crippen molar-refractivity contribution >= 4 is 12.0 Å². The molecule has 7 nitrogen and oxygen atoms in total. The maximum absolute atomic E-state index is 11.0. The van der Waals surface area contributed by atoms with Gasteiger partial charge in [0, 0.05) is 12.4 Å². The van der Waals surface area contributed by atoms with Crippen LogP contribution in [-0.4, -0.2) is 28.0 Å². The topological polar surface area (TPSA) is 105 Å². The largest absolute Gasteiger partial charge is 0.429 e. The number of aromatic nitrogens is 1. The molecular weight excluding hydrogens is 258 g/mol. The second kappa shape index (κ2) is 6.23. The number of nitrogens with two attached hydrogens (primary N) is 1. The normalized spacial score (nSPS) is 13.7. The summed E-state index contributed by atoms with van der Waals surface area (Å²) in [6.07, 6.45) is 2.85. The van der Waals surface area contributed by atoms with Crippen LogP contribution in [0.1, 0.15) is 27.7 Å². The van der Waals surface area contributed by atoms with Crippen LogP contribution in [0, 0.1) is 5.41 Å². The second-order valence-corrected chi connectivity index (χ2v) is 5.53. The van der Waals surface area contributed by atoms with E-state index >= 15 is 0 Å². The number of primary amides is 1. The predicted octanol–water partition coefficient (Wildman–Crippen LogP) is 1.08. The van der Waals surface area contributed by atoms with Gasteiger partial charge < -0.3 is 10.9 Å². The molecule has 0 aliphatic carbocycles. The Bertz CT molecular complexity index is 548. The third-order valence-corrected chi connectivity index (χ3v) is 2.84. The number of nitrogens with zero attached hydrogens (tertiary/aromatic N) is 3. The monoisotopic (exact) mass is 279 g/mol. The number of pyridine rings is 1. The molecule has 2 amide bonds. The minimum absolute atomic E-state index is 0.0559.